The Morgan fingerprint density at radius 2 is 1.85 bits per heavy atom. The number of benzene rings is 1. The van der Waals surface area contributed by atoms with Crippen LogP contribution in [-0.2, 0) is 4.79 Å². The van der Waals surface area contributed by atoms with Crippen molar-refractivity contribution >= 4 is 29.2 Å². The monoisotopic (exact) mass is 369 g/mol. The molecule has 2 heterocycles. The number of carbonyl (C=O) groups is 2. The number of thiophene rings is 1. The van der Waals surface area contributed by atoms with E-state index in [1.165, 1.54) is 16.9 Å². The Bertz CT molecular complexity index is 736. The third-order valence-electron chi connectivity index (χ3n) is 4.38. The summed E-state index contributed by atoms with van der Waals surface area (Å²) in [6.07, 6.45) is 4.28. The molecule has 0 aliphatic carbocycles. The fraction of sp³-hybridized carbons (Fsp3) is 0.300. The molecule has 5 nitrogen and oxygen atoms in total. The van der Waals surface area contributed by atoms with Crippen LogP contribution < -0.4 is 5.32 Å². The molecule has 1 aromatic heterocycles. The molecule has 26 heavy (non-hydrogen) atoms. The standard InChI is InChI=1S/C20H23N3O2S/c24-19(15-21-20(25)18-8-14-26-16-18)23-12-10-22(11-13-23)9-4-7-17-5-2-1-3-6-17/h1-8,14,16H,9-13,15H2,(H,21,25)/b7-4+. The molecule has 1 aliphatic heterocycles. The van der Waals surface area contributed by atoms with Crippen LogP contribution in [0.4, 0.5) is 0 Å². The van der Waals surface area contributed by atoms with Crippen molar-refractivity contribution < 1.29 is 9.59 Å². The molecule has 1 aliphatic rings. The number of hydrogen-bond acceptors (Lipinski definition) is 4. The quantitative estimate of drug-likeness (QED) is 0.850. The highest BCUT2D eigenvalue weighted by molar-refractivity contribution is 7.08. The van der Waals surface area contributed by atoms with Crippen molar-refractivity contribution in [1.82, 2.24) is 15.1 Å². The second-order valence-corrected chi connectivity index (χ2v) is 6.97. The Kier molecular flexibility index (Phi) is 6.57. The predicted octanol–water partition coefficient (Wildman–Crippen LogP) is 2.34. The van der Waals surface area contributed by atoms with Gasteiger partial charge < -0.3 is 10.2 Å². The Morgan fingerprint density at radius 1 is 1.08 bits per heavy atom. The summed E-state index contributed by atoms with van der Waals surface area (Å²) in [4.78, 5) is 28.3. The van der Waals surface area contributed by atoms with Gasteiger partial charge in [0, 0.05) is 43.7 Å². The summed E-state index contributed by atoms with van der Waals surface area (Å²) in [5.74, 6) is -0.211. The highest BCUT2D eigenvalue weighted by Gasteiger charge is 2.20. The first kappa shape index (κ1) is 18.4. The van der Waals surface area contributed by atoms with Crippen LogP contribution in [0.1, 0.15) is 15.9 Å². The van der Waals surface area contributed by atoms with Gasteiger partial charge in [0.2, 0.25) is 5.91 Å². The van der Waals surface area contributed by atoms with E-state index in [2.05, 4.69) is 34.5 Å². The lowest BCUT2D eigenvalue weighted by atomic mass is 10.2. The molecule has 1 fully saturated rings. The minimum atomic E-state index is -0.190. The molecular formula is C20H23N3O2S. The molecule has 1 saturated heterocycles. The second kappa shape index (κ2) is 9.31. The van der Waals surface area contributed by atoms with Crippen LogP contribution in [0.2, 0.25) is 0 Å². The summed E-state index contributed by atoms with van der Waals surface area (Å²) in [6, 6.07) is 12.0. The van der Waals surface area contributed by atoms with Gasteiger partial charge in [0.25, 0.3) is 5.91 Å². The molecule has 0 spiro atoms. The van der Waals surface area contributed by atoms with Crippen LogP contribution in [0.15, 0.2) is 53.2 Å². The van der Waals surface area contributed by atoms with Gasteiger partial charge in [-0.3, -0.25) is 14.5 Å². The molecule has 2 amide bonds. The van der Waals surface area contributed by atoms with Crippen molar-refractivity contribution in [1.29, 1.82) is 0 Å². The number of nitrogens with zero attached hydrogens (tertiary/aromatic N) is 2. The number of carbonyl (C=O) groups excluding carboxylic acids is 2. The molecule has 136 valence electrons. The number of hydrogen-bond donors (Lipinski definition) is 1. The fourth-order valence-electron chi connectivity index (χ4n) is 2.85. The average molecular weight is 369 g/mol. The van der Waals surface area contributed by atoms with Gasteiger partial charge in [-0.1, -0.05) is 42.5 Å². The smallest absolute Gasteiger partial charge is 0.252 e. The van der Waals surface area contributed by atoms with Gasteiger partial charge in [-0.2, -0.15) is 11.3 Å². The van der Waals surface area contributed by atoms with Gasteiger partial charge in [-0.25, -0.2) is 0 Å². The number of nitrogens with one attached hydrogen (secondary N) is 1. The molecule has 0 radical (unpaired) electrons. The van der Waals surface area contributed by atoms with E-state index in [4.69, 9.17) is 0 Å². The molecule has 0 unspecified atom stereocenters. The van der Waals surface area contributed by atoms with Crippen molar-refractivity contribution in [3.05, 3.63) is 64.4 Å². The Morgan fingerprint density at radius 3 is 2.54 bits per heavy atom. The molecule has 1 N–H and O–H groups in total. The molecule has 2 aromatic rings. The highest BCUT2D eigenvalue weighted by Crippen LogP contribution is 2.06. The third kappa shape index (κ3) is 5.28. The van der Waals surface area contributed by atoms with Crippen molar-refractivity contribution in [3.8, 4) is 0 Å². The van der Waals surface area contributed by atoms with Gasteiger partial charge in [-0.15, -0.1) is 0 Å². The Labute approximate surface area is 157 Å². The summed E-state index contributed by atoms with van der Waals surface area (Å²) in [5.41, 5.74) is 1.81. The zero-order chi connectivity index (χ0) is 18.2. The van der Waals surface area contributed by atoms with E-state index >= 15 is 0 Å². The van der Waals surface area contributed by atoms with Crippen LogP contribution in [0, 0.1) is 0 Å². The maximum Gasteiger partial charge on any atom is 0.252 e. The van der Waals surface area contributed by atoms with E-state index in [0.29, 0.717) is 18.7 Å². The maximum atomic E-state index is 12.3. The van der Waals surface area contributed by atoms with Crippen molar-refractivity contribution in [3.63, 3.8) is 0 Å². The Balaban J connectivity index is 1.37. The van der Waals surface area contributed by atoms with E-state index in [1.54, 1.807) is 11.4 Å². The minimum absolute atomic E-state index is 0.0203. The zero-order valence-corrected chi connectivity index (χ0v) is 15.5. The van der Waals surface area contributed by atoms with Gasteiger partial charge in [0.05, 0.1) is 6.54 Å². The lowest BCUT2D eigenvalue weighted by molar-refractivity contribution is -0.131. The van der Waals surface area contributed by atoms with E-state index in [0.717, 1.165) is 19.6 Å². The van der Waals surface area contributed by atoms with Gasteiger partial charge in [0.1, 0.15) is 0 Å². The number of rotatable bonds is 6. The SMILES string of the molecule is O=C(NCC(=O)N1CCN(C/C=C/c2ccccc2)CC1)c1ccsc1. The lowest BCUT2D eigenvalue weighted by Crippen LogP contribution is -2.51. The van der Waals surface area contributed by atoms with Crippen LogP contribution in [0.5, 0.6) is 0 Å². The van der Waals surface area contributed by atoms with E-state index < -0.39 is 0 Å². The van der Waals surface area contributed by atoms with Crippen molar-refractivity contribution in [2.45, 2.75) is 0 Å². The molecule has 6 heteroatoms. The number of amides is 2. The number of piperazine rings is 1. The summed E-state index contributed by atoms with van der Waals surface area (Å²) in [6.45, 7) is 4.04. The van der Waals surface area contributed by atoms with Crippen molar-refractivity contribution in [2.75, 3.05) is 39.3 Å². The summed E-state index contributed by atoms with van der Waals surface area (Å²) in [7, 11) is 0. The van der Waals surface area contributed by atoms with Crippen LogP contribution in [0.3, 0.4) is 0 Å². The fourth-order valence-corrected chi connectivity index (χ4v) is 3.48. The first-order valence-corrected chi connectivity index (χ1v) is 9.69. The first-order chi connectivity index (χ1) is 12.7. The molecule has 0 atom stereocenters. The largest absolute Gasteiger partial charge is 0.343 e. The Hall–Kier alpha value is -2.44. The zero-order valence-electron chi connectivity index (χ0n) is 14.6. The minimum Gasteiger partial charge on any atom is -0.343 e. The average Bonchev–Trinajstić information content (AvgIpc) is 3.22. The molecule has 0 saturated carbocycles. The molecular weight excluding hydrogens is 346 g/mol. The van der Waals surface area contributed by atoms with E-state index in [9.17, 15) is 9.59 Å². The summed E-state index contributed by atoms with van der Waals surface area (Å²) >= 11 is 1.47. The summed E-state index contributed by atoms with van der Waals surface area (Å²) in [5, 5.41) is 6.33. The predicted molar refractivity (Wildman–Crippen MR) is 105 cm³/mol. The molecule has 3 rings (SSSR count). The lowest BCUT2D eigenvalue weighted by Gasteiger charge is -2.34. The topological polar surface area (TPSA) is 52.7 Å². The second-order valence-electron chi connectivity index (χ2n) is 6.19. The first-order valence-electron chi connectivity index (χ1n) is 8.74. The van der Waals surface area contributed by atoms with Gasteiger partial charge in [-0.05, 0) is 17.0 Å². The molecule has 1 aromatic carbocycles. The normalized spacial score (nSPS) is 15.3. The van der Waals surface area contributed by atoms with Crippen molar-refractivity contribution in [2.24, 2.45) is 0 Å². The van der Waals surface area contributed by atoms with Crippen LogP contribution >= 0.6 is 11.3 Å². The summed E-state index contributed by atoms with van der Waals surface area (Å²) < 4.78 is 0. The van der Waals surface area contributed by atoms with E-state index in [1.807, 2.05) is 28.5 Å². The van der Waals surface area contributed by atoms with Gasteiger partial charge in [0.15, 0.2) is 0 Å². The third-order valence-corrected chi connectivity index (χ3v) is 5.07. The highest BCUT2D eigenvalue weighted by atomic mass is 32.1. The maximum absolute atomic E-state index is 12.3. The van der Waals surface area contributed by atoms with Crippen LogP contribution in [0.25, 0.3) is 6.08 Å². The van der Waals surface area contributed by atoms with Crippen LogP contribution in [-0.4, -0.2) is 60.9 Å². The van der Waals surface area contributed by atoms with Gasteiger partial charge >= 0.3 is 0 Å². The van der Waals surface area contributed by atoms with E-state index in [-0.39, 0.29) is 18.4 Å². The molecule has 0 bridgehead atoms.